The van der Waals surface area contributed by atoms with Gasteiger partial charge in [-0.3, -0.25) is 14.4 Å². The lowest BCUT2D eigenvalue weighted by atomic mass is 10.1. The molecule has 0 atom stereocenters. The third-order valence-corrected chi connectivity index (χ3v) is 4.23. The molecule has 0 aliphatic rings. The zero-order chi connectivity index (χ0) is 19.8. The lowest BCUT2D eigenvalue weighted by molar-refractivity contribution is -0.123. The van der Waals surface area contributed by atoms with Crippen molar-refractivity contribution in [2.24, 2.45) is 0 Å². The molecule has 0 aliphatic carbocycles. The Balaban J connectivity index is 1.75. The highest BCUT2D eigenvalue weighted by Gasteiger charge is 2.12. The maximum atomic E-state index is 12.0. The van der Waals surface area contributed by atoms with Crippen LogP contribution < -0.4 is 16.0 Å². The Hall–Kier alpha value is -2.57. The van der Waals surface area contributed by atoms with Crippen molar-refractivity contribution in [2.75, 3.05) is 18.4 Å². The molecule has 2 aromatic rings. The molecular formula is C19H19Cl2N3O3. The number of hydrogen-bond acceptors (Lipinski definition) is 3. The average molecular weight is 408 g/mol. The van der Waals surface area contributed by atoms with Gasteiger partial charge in [-0.05, 0) is 42.3 Å². The van der Waals surface area contributed by atoms with E-state index in [2.05, 4.69) is 16.0 Å². The molecule has 0 aliphatic heterocycles. The van der Waals surface area contributed by atoms with E-state index in [0.29, 0.717) is 10.7 Å². The molecule has 0 saturated heterocycles. The van der Waals surface area contributed by atoms with Gasteiger partial charge in [0, 0.05) is 10.7 Å². The molecule has 3 amide bonds. The number of nitrogens with one attached hydrogen (secondary N) is 3. The van der Waals surface area contributed by atoms with Gasteiger partial charge >= 0.3 is 0 Å². The van der Waals surface area contributed by atoms with Gasteiger partial charge in [-0.1, -0.05) is 42.3 Å². The fourth-order valence-electron chi connectivity index (χ4n) is 2.20. The van der Waals surface area contributed by atoms with E-state index < -0.39 is 11.8 Å². The Labute approximate surface area is 167 Å². The fraction of sp³-hybridized carbons (Fsp3) is 0.211. The number of aryl methyl sites for hydroxylation is 1. The first-order valence-electron chi connectivity index (χ1n) is 8.27. The minimum Gasteiger partial charge on any atom is -0.345 e. The van der Waals surface area contributed by atoms with E-state index in [1.807, 2.05) is 19.1 Å². The zero-order valence-electron chi connectivity index (χ0n) is 14.6. The lowest BCUT2D eigenvalue weighted by Crippen LogP contribution is -2.40. The van der Waals surface area contributed by atoms with Crippen molar-refractivity contribution < 1.29 is 14.4 Å². The van der Waals surface area contributed by atoms with Crippen LogP contribution in [0.25, 0.3) is 0 Å². The Kier molecular flexibility index (Phi) is 7.64. The van der Waals surface area contributed by atoms with Crippen molar-refractivity contribution in [1.82, 2.24) is 10.6 Å². The molecule has 0 spiro atoms. The summed E-state index contributed by atoms with van der Waals surface area (Å²) in [6.07, 6.45) is 0.914. The van der Waals surface area contributed by atoms with Crippen molar-refractivity contribution in [3.63, 3.8) is 0 Å². The molecule has 2 rings (SSSR count). The largest absolute Gasteiger partial charge is 0.345 e. The van der Waals surface area contributed by atoms with Crippen molar-refractivity contribution in [3.05, 3.63) is 63.6 Å². The molecule has 0 fully saturated rings. The molecule has 0 radical (unpaired) electrons. The summed E-state index contributed by atoms with van der Waals surface area (Å²) in [6.45, 7) is 1.56. The summed E-state index contributed by atoms with van der Waals surface area (Å²) in [7, 11) is 0. The van der Waals surface area contributed by atoms with Crippen LogP contribution in [0.2, 0.25) is 10.0 Å². The molecule has 0 aromatic heterocycles. The molecule has 2 aromatic carbocycles. The van der Waals surface area contributed by atoms with E-state index in [9.17, 15) is 14.4 Å². The van der Waals surface area contributed by atoms with Crippen LogP contribution in [0.5, 0.6) is 0 Å². The van der Waals surface area contributed by atoms with Crippen LogP contribution >= 0.6 is 23.2 Å². The molecule has 27 heavy (non-hydrogen) atoms. The van der Waals surface area contributed by atoms with Crippen LogP contribution in [0.3, 0.4) is 0 Å². The first-order chi connectivity index (χ1) is 12.9. The SMILES string of the molecule is CCc1ccc(NC(=O)CNC(=O)CNC(=O)c2ccc(Cl)cc2Cl)cc1. The molecule has 0 unspecified atom stereocenters. The fourth-order valence-corrected chi connectivity index (χ4v) is 2.69. The predicted octanol–water partition coefficient (Wildman–Crippen LogP) is 3.04. The molecule has 3 N–H and O–H groups in total. The van der Waals surface area contributed by atoms with Crippen LogP contribution in [0, 0.1) is 0 Å². The monoisotopic (exact) mass is 407 g/mol. The standard InChI is InChI=1S/C19H19Cl2N3O3/c1-2-12-3-6-14(7-4-12)24-18(26)11-22-17(25)10-23-19(27)15-8-5-13(20)9-16(15)21/h3-9H,2,10-11H2,1H3,(H,22,25)(H,23,27)(H,24,26). The van der Waals surface area contributed by atoms with Crippen molar-refractivity contribution >= 4 is 46.6 Å². The highest BCUT2D eigenvalue weighted by molar-refractivity contribution is 6.36. The summed E-state index contributed by atoms with van der Waals surface area (Å²) < 4.78 is 0. The molecule has 6 nitrogen and oxygen atoms in total. The van der Waals surface area contributed by atoms with E-state index in [4.69, 9.17) is 23.2 Å². The van der Waals surface area contributed by atoms with Crippen LogP contribution in [0.15, 0.2) is 42.5 Å². The zero-order valence-corrected chi connectivity index (χ0v) is 16.2. The quantitative estimate of drug-likeness (QED) is 0.658. The Morgan fingerprint density at radius 2 is 1.56 bits per heavy atom. The summed E-state index contributed by atoms with van der Waals surface area (Å²) in [5, 5.41) is 8.15. The number of amides is 3. The van der Waals surface area contributed by atoms with Crippen molar-refractivity contribution in [1.29, 1.82) is 0 Å². The van der Waals surface area contributed by atoms with Gasteiger partial charge in [-0.15, -0.1) is 0 Å². The highest BCUT2D eigenvalue weighted by Crippen LogP contribution is 2.20. The Bertz CT molecular complexity index is 839. The number of hydrogen-bond donors (Lipinski definition) is 3. The molecular weight excluding hydrogens is 389 g/mol. The van der Waals surface area contributed by atoms with E-state index in [-0.39, 0.29) is 29.6 Å². The minimum absolute atomic E-state index is 0.189. The van der Waals surface area contributed by atoms with Gasteiger partial charge in [-0.25, -0.2) is 0 Å². The second-order valence-corrected chi connectivity index (χ2v) is 6.53. The summed E-state index contributed by atoms with van der Waals surface area (Å²) >= 11 is 11.7. The summed E-state index contributed by atoms with van der Waals surface area (Å²) in [6, 6.07) is 11.9. The van der Waals surface area contributed by atoms with Gasteiger partial charge in [0.1, 0.15) is 0 Å². The first kappa shape index (κ1) is 20.7. The highest BCUT2D eigenvalue weighted by atomic mass is 35.5. The Morgan fingerprint density at radius 1 is 0.889 bits per heavy atom. The van der Waals surface area contributed by atoms with Crippen molar-refractivity contribution in [2.45, 2.75) is 13.3 Å². The summed E-state index contributed by atoms with van der Waals surface area (Å²) in [5.74, 6) is -1.36. The van der Waals surface area contributed by atoms with Gasteiger partial charge in [0.25, 0.3) is 5.91 Å². The summed E-state index contributed by atoms with van der Waals surface area (Å²) in [4.78, 5) is 35.7. The number of anilines is 1. The minimum atomic E-state index is -0.507. The molecule has 8 heteroatoms. The van der Waals surface area contributed by atoms with E-state index in [1.165, 1.54) is 18.2 Å². The third-order valence-electron chi connectivity index (χ3n) is 3.68. The Morgan fingerprint density at radius 3 is 2.19 bits per heavy atom. The first-order valence-corrected chi connectivity index (χ1v) is 9.03. The molecule has 0 saturated carbocycles. The third kappa shape index (κ3) is 6.58. The van der Waals surface area contributed by atoms with Crippen molar-refractivity contribution in [3.8, 4) is 0 Å². The number of rotatable bonds is 7. The van der Waals surface area contributed by atoms with Gasteiger partial charge in [0.15, 0.2) is 0 Å². The molecule has 0 bridgehead atoms. The maximum absolute atomic E-state index is 12.0. The normalized spacial score (nSPS) is 10.2. The predicted molar refractivity (Wildman–Crippen MR) is 106 cm³/mol. The number of halogens is 2. The summed E-state index contributed by atoms with van der Waals surface area (Å²) in [5.41, 5.74) is 2.03. The van der Waals surface area contributed by atoms with E-state index in [0.717, 1.165) is 12.0 Å². The molecule has 0 heterocycles. The topological polar surface area (TPSA) is 87.3 Å². The van der Waals surface area contributed by atoms with Gasteiger partial charge in [0.2, 0.25) is 11.8 Å². The van der Waals surface area contributed by atoms with E-state index >= 15 is 0 Å². The lowest BCUT2D eigenvalue weighted by Gasteiger charge is -2.09. The number of benzene rings is 2. The average Bonchev–Trinajstić information content (AvgIpc) is 2.65. The van der Waals surface area contributed by atoms with Crippen LogP contribution in [0.1, 0.15) is 22.8 Å². The molecule has 142 valence electrons. The van der Waals surface area contributed by atoms with Gasteiger partial charge in [0.05, 0.1) is 23.7 Å². The van der Waals surface area contributed by atoms with Crippen LogP contribution in [-0.4, -0.2) is 30.8 Å². The van der Waals surface area contributed by atoms with E-state index in [1.54, 1.807) is 12.1 Å². The van der Waals surface area contributed by atoms with Crippen LogP contribution in [0.4, 0.5) is 5.69 Å². The smallest absolute Gasteiger partial charge is 0.253 e. The van der Waals surface area contributed by atoms with Crippen LogP contribution in [-0.2, 0) is 16.0 Å². The number of carbonyl (C=O) groups excluding carboxylic acids is 3. The number of carbonyl (C=O) groups is 3. The second-order valence-electron chi connectivity index (χ2n) is 5.68. The maximum Gasteiger partial charge on any atom is 0.253 e. The van der Waals surface area contributed by atoms with Gasteiger partial charge in [-0.2, -0.15) is 0 Å². The second kappa shape index (κ2) is 9.94. The van der Waals surface area contributed by atoms with Gasteiger partial charge < -0.3 is 16.0 Å².